The molecule has 2 aliphatic rings. The predicted octanol–water partition coefficient (Wildman–Crippen LogP) is 2.36. The number of aromatic nitrogens is 2. The maximum atomic E-state index is 12.4. The van der Waals surface area contributed by atoms with Crippen LogP contribution < -0.4 is 4.74 Å². The third-order valence-electron chi connectivity index (χ3n) is 5.52. The van der Waals surface area contributed by atoms with E-state index in [1.807, 2.05) is 13.8 Å². The van der Waals surface area contributed by atoms with Gasteiger partial charge >= 0.3 is 0 Å². The zero-order chi connectivity index (χ0) is 16.1. The largest absolute Gasteiger partial charge is 0.481 e. The molecule has 3 rings (SSSR count). The molecule has 2 aliphatic carbocycles. The maximum Gasteiger partial charge on any atom is 0.219 e. The van der Waals surface area contributed by atoms with E-state index in [1.165, 1.54) is 0 Å². The van der Waals surface area contributed by atoms with E-state index in [-0.39, 0.29) is 23.0 Å². The second kappa shape index (κ2) is 5.05. The SMILES string of the molecule is COc1nc(C)nc2c1CC[C@H]1[C@H](C)C(=O)C(C#N)C[C@]21C. The van der Waals surface area contributed by atoms with E-state index >= 15 is 0 Å². The first-order valence-corrected chi connectivity index (χ1v) is 7.77. The first-order valence-electron chi connectivity index (χ1n) is 7.77. The molecule has 5 nitrogen and oxygen atoms in total. The summed E-state index contributed by atoms with van der Waals surface area (Å²) in [4.78, 5) is 21.5. The smallest absolute Gasteiger partial charge is 0.219 e. The van der Waals surface area contributed by atoms with Crippen LogP contribution in [0, 0.1) is 36.0 Å². The highest BCUT2D eigenvalue weighted by Crippen LogP contribution is 2.52. The molecule has 1 fully saturated rings. The van der Waals surface area contributed by atoms with Crippen molar-refractivity contribution in [2.75, 3.05) is 7.11 Å². The van der Waals surface area contributed by atoms with Crippen LogP contribution in [-0.2, 0) is 16.6 Å². The summed E-state index contributed by atoms with van der Waals surface area (Å²) in [5.41, 5.74) is 1.76. The van der Waals surface area contributed by atoms with Crippen LogP contribution >= 0.6 is 0 Å². The van der Waals surface area contributed by atoms with Crippen molar-refractivity contribution >= 4 is 5.78 Å². The van der Waals surface area contributed by atoms with E-state index in [1.54, 1.807) is 7.11 Å². The van der Waals surface area contributed by atoms with E-state index in [4.69, 9.17) is 9.72 Å². The van der Waals surface area contributed by atoms with Crippen LogP contribution in [-0.4, -0.2) is 22.9 Å². The summed E-state index contributed by atoms with van der Waals surface area (Å²) in [7, 11) is 1.63. The number of rotatable bonds is 1. The summed E-state index contributed by atoms with van der Waals surface area (Å²) in [5, 5.41) is 9.36. The summed E-state index contributed by atoms with van der Waals surface area (Å²) in [5.74, 6) is 0.999. The van der Waals surface area contributed by atoms with Crippen molar-refractivity contribution < 1.29 is 9.53 Å². The molecule has 116 valence electrons. The van der Waals surface area contributed by atoms with Gasteiger partial charge in [0.2, 0.25) is 5.88 Å². The van der Waals surface area contributed by atoms with Gasteiger partial charge in [0.15, 0.2) is 5.78 Å². The highest BCUT2D eigenvalue weighted by atomic mass is 16.5. The Kier molecular flexibility index (Phi) is 3.43. The fourth-order valence-corrected chi connectivity index (χ4v) is 4.43. The predicted molar refractivity (Wildman–Crippen MR) is 80.4 cm³/mol. The van der Waals surface area contributed by atoms with Gasteiger partial charge in [-0.05, 0) is 32.1 Å². The van der Waals surface area contributed by atoms with Gasteiger partial charge in [-0.2, -0.15) is 10.2 Å². The molecule has 22 heavy (non-hydrogen) atoms. The number of hydrogen-bond acceptors (Lipinski definition) is 5. The number of Topliss-reactive ketones (excluding diaryl/α,β-unsaturated/α-hetero) is 1. The molecule has 5 heteroatoms. The van der Waals surface area contributed by atoms with Gasteiger partial charge in [0, 0.05) is 16.9 Å². The standard InChI is InChI=1S/C17H21N3O2/c1-9-13-6-5-12-15(19-10(2)20-16(12)22-4)17(13,3)7-11(8-18)14(9)21/h9,11,13H,5-7H2,1-4H3/t9-,11?,13-,17-/m0/s1. The molecule has 1 aromatic heterocycles. The number of carbonyl (C=O) groups excluding carboxylic acids is 1. The molecule has 0 aromatic carbocycles. The third kappa shape index (κ3) is 1.93. The number of ketones is 1. The first kappa shape index (κ1) is 15.0. The second-order valence-corrected chi connectivity index (χ2v) is 6.75. The Bertz CT molecular complexity index is 679. The Morgan fingerprint density at radius 1 is 1.41 bits per heavy atom. The van der Waals surface area contributed by atoms with Crippen LogP contribution in [0.1, 0.15) is 43.8 Å². The molecule has 0 bridgehead atoms. The van der Waals surface area contributed by atoms with Crippen LogP contribution in [0.2, 0.25) is 0 Å². The number of carbonyl (C=O) groups is 1. The fourth-order valence-electron chi connectivity index (χ4n) is 4.43. The molecule has 0 amide bonds. The van der Waals surface area contributed by atoms with Gasteiger partial charge in [0.05, 0.1) is 18.9 Å². The molecular weight excluding hydrogens is 278 g/mol. The first-order chi connectivity index (χ1) is 10.4. The Morgan fingerprint density at radius 3 is 2.77 bits per heavy atom. The quantitative estimate of drug-likeness (QED) is 0.795. The number of fused-ring (bicyclic) bond motifs is 3. The van der Waals surface area contributed by atoms with Gasteiger partial charge < -0.3 is 4.74 Å². The average Bonchev–Trinajstić information content (AvgIpc) is 2.50. The van der Waals surface area contributed by atoms with E-state index in [2.05, 4.69) is 18.0 Å². The number of hydrogen-bond donors (Lipinski definition) is 0. The minimum absolute atomic E-state index is 0.0890. The molecule has 1 heterocycles. The maximum absolute atomic E-state index is 12.4. The van der Waals surface area contributed by atoms with Crippen molar-refractivity contribution in [3.8, 4) is 11.9 Å². The normalized spacial score (nSPS) is 33.6. The van der Waals surface area contributed by atoms with E-state index < -0.39 is 5.92 Å². The van der Waals surface area contributed by atoms with Crippen molar-refractivity contribution in [2.45, 2.75) is 45.4 Å². The average molecular weight is 299 g/mol. The minimum Gasteiger partial charge on any atom is -0.481 e. The highest BCUT2D eigenvalue weighted by molar-refractivity contribution is 5.87. The summed E-state index contributed by atoms with van der Waals surface area (Å²) in [6.07, 6.45) is 2.29. The van der Waals surface area contributed by atoms with Crippen molar-refractivity contribution in [2.24, 2.45) is 17.8 Å². The van der Waals surface area contributed by atoms with Gasteiger partial charge in [-0.15, -0.1) is 0 Å². The zero-order valence-electron chi connectivity index (χ0n) is 13.5. The lowest BCUT2D eigenvalue weighted by molar-refractivity contribution is -0.132. The van der Waals surface area contributed by atoms with Crippen molar-refractivity contribution in [1.82, 2.24) is 9.97 Å². The molecule has 0 N–H and O–H groups in total. The van der Waals surface area contributed by atoms with Crippen LogP contribution in [0.4, 0.5) is 0 Å². The van der Waals surface area contributed by atoms with Crippen LogP contribution in [0.15, 0.2) is 0 Å². The van der Waals surface area contributed by atoms with Crippen LogP contribution in [0.5, 0.6) is 5.88 Å². The molecule has 4 atom stereocenters. The number of nitriles is 1. The lowest BCUT2D eigenvalue weighted by atomic mass is 9.54. The molecular formula is C17H21N3O2. The number of aryl methyl sites for hydroxylation is 1. The van der Waals surface area contributed by atoms with Gasteiger partial charge in [0.25, 0.3) is 0 Å². The van der Waals surface area contributed by atoms with E-state index in [9.17, 15) is 10.1 Å². The monoisotopic (exact) mass is 299 g/mol. The molecule has 1 saturated carbocycles. The third-order valence-corrected chi connectivity index (χ3v) is 5.52. The zero-order valence-corrected chi connectivity index (χ0v) is 13.5. The van der Waals surface area contributed by atoms with Gasteiger partial charge in [-0.25, -0.2) is 4.98 Å². The van der Waals surface area contributed by atoms with Gasteiger partial charge in [-0.1, -0.05) is 13.8 Å². The van der Waals surface area contributed by atoms with Crippen LogP contribution in [0.25, 0.3) is 0 Å². The molecule has 0 radical (unpaired) electrons. The summed E-state index contributed by atoms with van der Waals surface area (Å²) in [6.45, 7) is 5.97. The summed E-state index contributed by atoms with van der Waals surface area (Å²) < 4.78 is 5.44. The van der Waals surface area contributed by atoms with Gasteiger partial charge in [0.1, 0.15) is 11.7 Å². The second-order valence-electron chi connectivity index (χ2n) is 6.75. The lowest BCUT2D eigenvalue weighted by Crippen LogP contribution is -2.50. The molecule has 0 saturated heterocycles. The molecule has 0 spiro atoms. The lowest BCUT2D eigenvalue weighted by Gasteiger charge is -2.49. The van der Waals surface area contributed by atoms with Crippen molar-refractivity contribution in [1.29, 1.82) is 5.26 Å². The highest BCUT2D eigenvalue weighted by Gasteiger charge is 2.53. The van der Waals surface area contributed by atoms with E-state index in [0.29, 0.717) is 18.1 Å². The van der Waals surface area contributed by atoms with Crippen LogP contribution in [0.3, 0.4) is 0 Å². The Morgan fingerprint density at radius 2 is 2.14 bits per heavy atom. The van der Waals surface area contributed by atoms with Gasteiger partial charge in [-0.3, -0.25) is 4.79 Å². The van der Waals surface area contributed by atoms with Crippen molar-refractivity contribution in [3.63, 3.8) is 0 Å². The Labute approximate surface area is 130 Å². The molecule has 0 aliphatic heterocycles. The summed E-state index contributed by atoms with van der Waals surface area (Å²) in [6, 6.07) is 2.19. The fraction of sp³-hybridized carbons (Fsp3) is 0.647. The minimum atomic E-state index is -0.538. The van der Waals surface area contributed by atoms with E-state index in [0.717, 1.165) is 24.1 Å². The topological polar surface area (TPSA) is 75.9 Å². The Balaban J connectivity index is 2.17. The number of nitrogens with zero attached hydrogens (tertiary/aromatic N) is 3. The molecule has 1 aromatic rings. The molecule has 1 unspecified atom stereocenters. The van der Waals surface area contributed by atoms with Crippen molar-refractivity contribution in [3.05, 3.63) is 17.1 Å². The summed E-state index contributed by atoms with van der Waals surface area (Å²) >= 11 is 0. The Hall–Kier alpha value is -1.96. The number of ether oxygens (including phenoxy) is 1. The number of methoxy groups -OCH3 is 1.